The first-order valence-corrected chi connectivity index (χ1v) is 11.8. The summed E-state index contributed by atoms with van der Waals surface area (Å²) in [5.41, 5.74) is 9.37. The van der Waals surface area contributed by atoms with Crippen LogP contribution in [-0.4, -0.2) is 28.3 Å². The highest BCUT2D eigenvalue weighted by Gasteiger charge is 2.21. The average molecular weight is 503 g/mol. The topological polar surface area (TPSA) is 72.9 Å². The van der Waals surface area contributed by atoms with Gasteiger partial charge in [-0.15, -0.1) is 11.3 Å². The smallest absolute Gasteiger partial charge is 0.252 e. The maximum Gasteiger partial charge on any atom is 0.252 e. The number of benzene rings is 2. The highest BCUT2D eigenvalue weighted by atomic mass is 35.5. The lowest BCUT2D eigenvalue weighted by Crippen LogP contribution is -2.41. The van der Waals surface area contributed by atoms with Crippen LogP contribution in [0.3, 0.4) is 0 Å². The van der Waals surface area contributed by atoms with Crippen LogP contribution in [0.1, 0.15) is 15.9 Å². The molecule has 0 aliphatic heterocycles. The third kappa shape index (κ3) is 5.12. The lowest BCUT2D eigenvalue weighted by molar-refractivity contribution is 0.0938. The summed E-state index contributed by atoms with van der Waals surface area (Å²) in [4.78, 5) is 14.0. The van der Waals surface area contributed by atoms with Gasteiger partial charge in [0.2, 0.25) is 0 Å². The van der Waals surface area contributed by atoms with Crippen molar-refractivity contribution in [3.63, 3.8) is 0 Å². The number of nitrogens with zero attached hydrogens (tertiary/aromatic N) is 2. The van der Waals surface area contributed by atoms with Gasteiger partial charge in [-0.05, 0) is 36.2 Å². The fraction of sp³-hybridized carbons (Fsp3) is 0.167. The van der Waals surface area contributed by atoms with E-state index in [9.17, 15) is 9.18 Å². The number of hydrogen-bond acceptors (Lipinski definition) is 4. The van der Waals surface area contributed by atoms with Crippen LogP contribution >= 0.6 is 34.5 Å². The van der Waals surface area contributed by atoms with Gasteiger partial charge in [-0.2, -0.15) is 5.10 Å². The van der Waals surface area contributed by atoms with Crippen LogP contribution in [-0.2, 0) is 13.5 Å². The van der Waals surface area contributed by atoms with Crippen molar-refractivity contribution in [2.45, 2.75) is 12.5 Å². The Kier molecular flexibility index (Phi) is 7.14. The summed E-state index contributed by atoms with van der Waals surface area (Å²) in [6.07, 6.45) is 1.99. The minimum absolute atomic E-state index is 0.221. The minimum atomic E-state index is -0.344. The van der Waals surface area contributed by atoms with Crippen molar-refractivity contribution in [2.24, 2.45) is 12.8 Å². The Balaban J connectivity index is 1.61. The first kappa shape index (κ1) is 23.4. The second-order valence-electron chi connectivity index (χ2n) is 7.55. The molecular formula is C24H21Cl2FN4OS. The van der Waals surface area contributed by atoms with Gasteiger partial charge in [-0.25, -0.2) is 4.39 Å². The largest absolute Gasteiger partial charge is 0.348 e. The van der Waals surface area contributed by atoms with E-state index < -0.39 is 0 Å². The SMILES string of the molecule is Cn1ncc(Cl)c1-c1cc(-c2ccccc2C(=O)NC(CN)Cc2cccc(F)c2)sc1Cl. The quantitative estimate of drug-likeness (QED) is 0.347. The Hall–Kier alpha value is -2.71. The van der Waals surface area contributed by atoms with Gasteiger partial charge in [-0.3, -0.25) is 9.48 Å². The van der Waals surface area contributed by atoms with Crippen molar-refractivity contribution < 1.29 is 9.18 Å². The summed E-state index contributed by atoms with van der Waals surface area (Å²) < 4.78 is 15.8. The van der Waals surface area contributed by atoms with Gasteiger partial charge in [0.1, 0.15) is 10.2 Å². The van der Waals surface area contributed by atoms with Crippen LogP contribution in [0.2, 0.25) is 9.36 Å². The lowest BCUT2D eigenvalue weighted by atomic mass is 10.0. The third-order valence-corrected chi connectivity index (χ3v) is 6.93. The molecule has 1 unspecified atom stereocenters. The van der Waals surface area contributed by atoms with Gasteiger partial charge in [0.15, 0.2) is 0 Å². The van der Waals surface area contributed by atoms with E-state index in [1.807, 2.05) is 24.3 Å². The molecule has 0 saturated heterocycles. The van der Waals surface area contributed by atoms with Crippen LogP contribution in [0.5, 0.6) is 0 Å². The Morgan fingerprint density at radius 1 is 1.18 bits per heavy atom. The van der Waals surface area contributed by atoms with E-state index >= 15 is 0 Å². The molecule has 0 fully saturated rings. The predicted octanol–water partition coefficient (Wildman–Crippen LogP) is 5.56. The maximum absolute atomic E-state index is 13.5. The van der Waals surface area contributed by atoms with E-state index in [4.69, 9.17) is 28.9 Å². The molecule has 4 aromatic rings. The molecule has 1 amide bonds. The molecule has 2 aromatic heterocycles. The summed E-state index contributed by atoms with van der Waals surface area (Å²) in [6, 6.07) is 15.1. The Labute approximate surface area is 204 Å². The number of aryl methyl sites for hydroxylation is 1. The van der Waals surface area contributed by atoms with E-state index in [0.29, 0.717) is 27.0 Å². The third-order valence-electron chi connectivity index (χ3n) is 5.26. The highest BCUT2D eigenvalue weighted by Crippen LogP contribution is 2.43. The number of rotatable bonds is 7. The zero-order valence-electron chi connectivity index (χ0n) is 17.7. The van der Waals surface area contributed by atoms with Gasteiger partial charge in [0, 0.05) is 41.2 Å². The first-order valence-electron chi connectivity index (χ1n) is 10.2. The first-order chi connectivity index (χ1) is 15.9. The van der Waals surface area contributed by atoms with E-state index in [1.54, 1.807) is 36.1 Å². The number of carbonyl (C=O) groups is 1. The summed E-state index contributed by atoms with van der Waals surface area (Å²) in [6.45, 7) is 0.221. The second kappa shape index (κ2) is 10.1. The number of hydrogen-bond donors (Lipinski definition) is 2. The Morgan fingerprint density at radius 3 is 2.67 bits per heavy atom. The summed E-state index contributed by atoms with van der Waals surface area (Å²) >= 11 is 14.2. The molecule has 0 aliphatic rings. The van der Waals surface area contributed by atoms with Crippen LogP contribution in [0.15, 0.2) is 60.8 Å². The van der Waals surface area contributed by atoms with Crippen molar-refractivity contribution in [1.82, 2.24) is 15.1 Å². The molecule has 2 aromatic carbocycles. The Bertz CT molecular complexity index is 1280. The van der Waals surface area contributed by atoms with Crippen molar-refractivity contribution in [2.75, 3.05) is 6.54 Å². The standard InChI is InChI=1S/C24H21Cl2FN4OS/c1-31-22(20(25)13-29-31)19-11-21(33-23(19)26)17-7-2-3-8-18(17)24(32)30-16(12-28)10-14-5-4-6-15(27)9-14/h2-9,11,13,16H,10,12,28H2,1H3,(H,30,32). The fourth-order valence-corrected chi connectivity index (χ4v) is 5.26. The lowest BCUT2D eigenvalue weighted by Gasteiger charge is -2.18. The number of nitrogens with two attached hydrogens (primary N) is 1. The van der Waals surface area contributed by atoms with Gasteiger partial charge in [0.25, 0.3) is 5.91 Å². The molecule has 0 saturated carbocycles. The van der Waals surface area contributed by atoms with Crippen LogP contribution in [0.4, 0.5) is 4.39 Å². The molecule has 0 spiro atoms. The van der Waals surface area contributed by atoms with Crippen molar-refractivity contribution >= 4 is 40.4 Å². The molecule has 33 heavy (non-hydrogen) atoms. The van der Waals surface area contributed by atoms with Crippen molar-refractivity contribution in [1.29, 1.82) is 0 Å². The molecule has 1 atom stereocenters. The zero-order chi connectivity index (χ0) is 23.5. The summed E-state index contributed by atoms with van der Waals surface area (Å²) in [5, 5.41) is 7.65. The number of carbonyl (C=O) groups excluding carboxylic acids is 1. The normalized spacial score (nSPS) is 12.0. The van der Waals surface area contributed by atoms with Crippen molar-refractivity contribution in [3.05, 3.63) is 87.1 Å². The van der Waals surface area contributed by atoms with Crippen LogP contribution < -0.4 is 11.1 Å². The van der Waals surface area contributed by atoms with E-state index in [2.05, 4.69) is 10.4 Å². The van der Waals surface area contributed by atoms with Crippen molar-refractivity contribution in [3.8, 4) is 21.7 Å². The number of nitrogens with one attached hydrogen (secondary N) is 1. The van der Waals surface area contributed by atoms with Gasteiger partial charge in [-0.1, -0.05) is 53.5 Å². The molecule has 170 valence electrons. The van der Waals surface area contributed by atoms with Gasteiger partial charge < -0.3 is 11.1 Å². The summed E-state index contributed by atoms with van der Waals surface area (Å²) in [5.74, 6) is -0.582. The number of halogens is 3. The number of aromatic nitrogens is 2. The molecule has 2 heterocycles. The highest BCUT2D eigenvalue weighted by molar-refractivity contribution is 7.20. The molecule has 0 aliphatic carbocycles. The molecule has 0 radical (unpaired) electrons. The van der Waals surface area contributed by atoms with E-state index in [1.165, 1.54) is 23.5 Å². The van der Waals surface area contributed by atoms with E-state index in [-0.39, 0.29) is 24.3 Å². The maximum atomic E-state index is 13.5. The van der Waals surface area contributed by atoms with E-state index in [0.717, 1.165) is 21.6 Å². The van der Waals surface area contributed by atoms with Crippen LogP contribution in [0, 0.1) is 5.82 Å². The summed E-state index contributed by atoms with van der Waals surface area (Å²) in [7, 11) is 1.79. The average Bonchev–Trinajstić information content (AvgIpc) is 3.34. The Morgan fingerprint density at radius 2 is 1.97 bits per heavy atom. The van der Waals surface area contributed by atoms with Crippen LogP contribution in [0.25, 0.3) is 21.7 Å². The molecule has 9 heteroatoms. The number of amides is 1. The molecule has 3 N–H and O–H groups in total. The number of thiophene rings is 1. The molecule has 4 rings (SSSR count). The molecule has 0 bridgehead atoms. The van der Waals surface area contributed by atoms with Gasteiger partial charge in [0.05, 0.1) is 16.9 Å². The fourth-order valence-electron chi connectivity index (χ4n) is 3.68. The second-order valence-corrected chi connectivity index (χ2v) is 9.61. The molecule has 5 nitrogen and oxygen atoms in total. The van der Waals surface area contributed by atoms with Gasteiger partial charge >= 0.3 is 0 Å². The monoisotopic (exact) mass is 502 g/mol. The minimum Gasteiger partial charge on any atom is -0.348 e. The predicted molar refractivity (Wildman–Crippen MR) is 132 cm³/mol. The zero-order valence-corrected chi connectivity index (χ0v) is 20.0. The molecular weight excluding hydrogens is 482 g/mol.